The molecule has 0 spiro atoms. The number of benzene rings is 2. The monoisotopic (exact) mass is 311 g/mol. The van der Waals surface area contributed by atoms with Crippen LogP contribution in [-0.4, -0.2) is 26.4 Å². The molecule has 0 aliphatic heterocycles. The van der Waals surface area contributed by atoms with Gasteiger partial charge in [-0.15, -0.1) is 0 Å². The van der Waals surface area contributed by atoms with Gasteiger partial charge in [0.2, 0.25) is 0 Å². The van der Waals surface area contributed by atoms with Crippen molar-refractivity contribution in [2.45, 2.75) is 0 Å². The molecule has 0 atom stereocenters. The lowest BCUT2D eigenvalue weighted by molar-refractivity contribution is 0.354. The number of para-hydroxylation sites is 1. The summed E-state index contributed by atoms with van der Waals surface area (Å²) in [5.74, 6) is 1.46. The first-order chi connectivity index (χ1) is 11.2. The molecule has 0 saturated carbocycles. The lowest BCUT2D eigenvalue weighted by Crippen LogP contribution is -1.97. The number of aromatic hydroxyl groups is 1. The predicted molar refractivity (Wildman–Crippen MR) is 86.9 cm³/mol. The Morgan fingerprint density at radius 1 is 1.04 bits per heavy atom. The van der Waals surface area contributed by atoms with Crippen molar-refractivity contribution in [2.24, 2.45) is 0 Å². The first kappa shape index (κ1) is 16.2. The second-order valence-corrected chi connectivity index (χ2v) is 4.61. The highest BCUT2D eigenvalue weighted by molar-refractivity contribution is 5.86. The van der Waals surface area contributed by atoms with Crippen LogP contribution in [0.2, 0.25) is 0 Å². The summed E-state index contributed by atoms with van der Waals surface area (Å²) in [7, 11) is 4.57. The number of phenols is 1. The Morgan fingerprint density at radius 2 is 1.78 bits per heavy atom. The van der Waals surface area contributed by atoms with E-state index in [1.807, 2.05) is 18.2 Å². The van der Waals surface area contributed by atoms with Crippen LogP contribution < -0.4 is 14.2 Å². The lowest BCUT2D eigenvalue weighted by atomic mass is 9.96. The molecule has 0 aliphatic rings. The number of nitrogens with zero attached hydrogens (tertiary/aromatic N) is 1. The molecule has 2 aromatic rings. The molecule has 0 radical (unpaired) electrons. The second kappa shape index (κ2) is 7.23. The van der Waals surface area contributed by atoms with E-state index in [1.165, 1.54) is 19.3 Å². The van der Waals surface area contributed by atoms with E-state index in [0.29, 0.717) is 33.9 Å². The van der Waals surface area contributed by atoms with Crippen LogP contribution in [0.3, 0.4) is 0 Å². The molecular weight excluding hydrogens is 294 g/mol. The van der Waals surface area contributed by atoms with Crippen LogP contribution in [0.25, 0.3) is 5.57 Å². The van der Waals surface area contributed by atoms with Gasteiger partial charge in [0.1, 0.15) is 0 Å². The van der Waals surface area contributed by atoms with Gasteiger partial charge in [-0.1, -0.05) is 18.2 Å². The normalized spacial score (nSPS) is 10.8. The van der Waals surface area contributed by atoms with Gasteiger partial charge < -0.3 is 19.3 Å². The maximum atomic E-state index is 9.75. The topological polar surface area (TPSA) is 71.7 Å². The van der Waals surface area contributed by atoms with E-state index < -0.39 is 0 Å². The molecule has 1 N–H and O–H groups in total. The second-order valence-electron chi connectivity index (χ2n) is 4.61. The highest BCUT2D eigenvalue weighted by Gasteiger charge is 2.16. The van der Waals surface area contributed by atoms with E-state index in [4.69, 9.17) is 19.5 Å². The summed E-state index contributed by atoms with van der Waals surface area (Å²) in [5, 5.41) is 18.9. The fourth-order valence-electron chi connectivity index (χ4n) is 2.33. The fourth-order valence-corrected chi connectivity index (χ4v) is 2.33. The standard InChI is InChI=1S/C18H17NO4/c1-21-16-6-4-5-14(18(16)23-3)13(9-10-19)12-7-8-15(20)17(11-12)22-2/h4-9,11,20H,1-3H3/b13-9+. The van der Waals surface area contributed by atoms with Crippen LogP contribution in [0.5, 0.6) is 23.0 Å². The number of phenolic OH excluding ortho intramolecular Hbond substituents is 1. The maximum Gasteiger partial charge on any atom is 0.168 e. The number of methoxy groups -OCH3 is 3. The van der Waals surface area contributed by atoms with Gasteiger partial charge in [0, 0.05) is 17.2 Å². The van der Waals surface area contributed by atoms with Crippen molar-refractivity contribution in [1.29, 1.82) is 5.26 Å². The number of rotatable bonds is 5. The number of hydrogen-bond acceptors (Lipinski definition) is 5. The molecule has 0 bridgehead atoms. The van der Waals surface area contributed by atoms with Crippen LogP contribution in [0, 0.1) is 11.3 Å². The molecular formula is C18H17NO4. The van der Waals surface area contributed by atoms with Gasteiger partial charge in [0.15, 0.2) is 23.0 Å². The summed E-state index contributed by atoms with van der Waals surface area (Å²) in [6.07, 6.45) is 1.42. The van der Waals surface area contributed by atoms with Crippen LogP contribution in [0.4, 0.5) is 0 Å². The van der Waals surface area contributed by atoms with Crippen LogP contribution in [-0.2, 0) is 0 Å². The average Bonchev–Trinajstić information content (AvgIpc) is 2.59. The maximum absolute atomic E-state index is 9.75. The zero-order valence-electron chi connectivity index (χ0n) is 13.2. The van der Waals surface area contributed by atoms with Gasteiger partial charge in [-0.05, 0) is 23.8 Å². The Kier molecular flexibility index (Phi) is 5.11. The van der Waals surface area contributed by atoms with E-state index in [0.717, 1.165) is 0 Å². The highest BCUT2D eigenvalue weighted by Crippen LogP contribution is 2.39. The quantitative estimate of drug-likeness (QED) is 0.857. The van der Waals surface area contributed by atoms with E-state index in [1.54, 1.807) is 32.4 Å². The summed E-state index contributed by atoms with van der Waals surface area (Å²) in [4.78, 5) is 0. The SMILES string of the molecule is COc1cc(/C(=C\C#N)c2cccc(OC)c2OC)ccc1O. The molecule has 0 aliphatic carbocycles. The Bertz CT molecular complexity index is 775. The number of ether oxygens (including phenoxy) is 3. The third kappa shape index (κ3) is 3.22. The van der Waals surface area contributed by atoms with Crippen LogP contribution >= 0.6 is 0 Å². The van der Waals surface area contributed by atoms with Crippen molar-refractivity contribution in [1.82, 2.24) is 0 Å². The van der Waals surface area contributed by atoms with E-state index in [2.05, 4.69) is 0 Å². The number of nitriles is 1. The Balaban J connectivity index is 2.66. The van der Waals surface area contributed by atoms with Gasteiger partial charge in [0.25, 0.3) is 0 Å². The van der Waals surface area contributed by atoms with E-state index in [-0.39, 0.29) is 5.75 Å². The third-order valence-electron chi connectivity index (χ3n) is 3.39. The van der Waals surface area contributed by atoms with Gasteiger partial charge in [0.05, 0.1) is 27.4 Å². The molecule has 2 aromatic carbocycles. The minimum absolute atomic E-state index is 0.0326. The molecule has 0 heterocycles. The zero-order chi connectivity index (χ0) is 16.8. The Morgan fingerprint density at radius 3 is 2.39 bits per heavy atom. The molecule has 118 valence electrons. The molecule has 0 fully saturated rings. The minimum atomic E-state index is 0.0326. The first-order valence-electron chi connectivity index (χ1n) is 6.84. The Labute approximate surface area is 135 Å². The van der Waals surface area contributed by atoms with Crippen molar-refractivity contribution < 1.29 is 19.3 Å². The summed E-state index contributed by atoms with van der Waals surface area (Å²) in [5.41, 5.74) is 2.07. The van der Waals surface area contributed by atoms with Crippen molar-refractivity contribution in [3.8, 4) is 29.1 Å². The summed E-state index contributed by atoms with van der Waals surface area (Å²) < 4.78 is 15.9. The molecule has 0 unspecified atom stereocenters. The lowest BCUT2D eigenvalue weighted by Gasteiger charge is -2.15. The van der Waals surface area contributed by atoms with Crippen LogP contribution in [0.1, 0.15) is 11.1 Å². The van der Waals surface area contributed by atoms with Crippen molar-refractivity contribution in [2.75, 3.05) is 21.3 Å². The molecule has 0 aromatic heterocycles. The summed E-state index contributed by atoms with van der Waals surface area (Å²) in [6, 6.07) is 12.4. The average molecular weight is 311 g/mol. The van der Waals surface area contributed by atoms with E-state index >= 15 is 0 Å². The van der Waals surface area contributed by atoms with Crippen molar-refractivity contribution in [3.05, 3.63) is 53.6 Å². The van der Waals surface area contributed by atoms with Gasteiger partial charge in [-0.3, -0.25) is 0 Å². The zero-order valence-corrected chi connectivity index (χ0v) is 13.2. The van der Waals surface area contributed by atoms with Gasteiger partial charge in [-0.25, -0.2) is 0 Å². The third-order valence-corrected chi connectivity index (χ3v) is 3.39. The van der Waals surface area contributed by atoms with Crippen molar-refractivity contribution >= 4 is 5.57 Å². The molecule has 23 heavy (non-hydrogen) atoms. The van der Waals surface area contributed by atoms with Crippen molar-refractivity contribution in [3.63, 3.8) is 0 Å². The van der Waals surface area contributed by atoms with Gasteiger partial charge >= 0.3 is 0 Å². The highest BCUT2D eigenvalue weighted by atomic mass is 16.5. The fraction of sp³-hybridized carbons (Fsp3) is 0.167. The summed E-state index contributed by atoms with van der Waals surface area (Å²) in [6.45, 7) is 0. The van der Waals surface area contributed by atoms with E-state index in [9.17, 15) is 5.11 Å². The van der Waals surface area contributed by atoms with Crippen LogP contribution in [0.15, 0.2) is 42.5 Å². The van der Waals surface area contributed by atoms with Gasteiger partial charge in [-0.2, -0.15) is 5.26 Å². The Hall–Kier alpha value is -3.13. The smallest absolute Gasteiger partial charge is 0.168 e. The molecule has 0 amide bonds. The molecule has 5 heteroatoms. The molecule has 2 rings (SSSR count). The first-order valence-corrected chi connectivity index (χ1v) is 6.84. The summed E-state index contributed by atoms with van der Waals surface area (Å²) >= 11 is 0. The predicted octanol–water partition coefficient (Wildman–Crippen LogP) is 3.37. The number of allylic oxidation sites excluding steroid dienone is 1. The molecule has 5 nitrogen and oxygen atoms in total. The molecule has 0 saturated heterocycles. The minimum Gasteiger partial charge on any atom is -0.504 e. The number of hydrogen-bond donors (Lipinski definition) is 1. The largest absolute Gasteiger partial charge is 0.504 e.